The van der Waals surface area contributed by atoms with Gasteiger partial charge in [-0.2, -0.15) is 0 Å². The van der Waals surface area contributed by atoms with Crippen molar-refractivity contribution >= 4 is 50.5 Å². The molecule has 25 heavy (non-hydrogen) atoms. The van der Waals surface area contributed by atoms with Crippen LogP contribution in [0.25, 0.3) is 0 Å². The summed E-state index contributed by atoms with van der Waals surface area (Å²) < 4.78 is 26.5. The van der Waals surface area contributed by atoms with Crippen LogP contribution < -0.4 is 10.0 Å². The van der Waals surface area contributed by atoms with Crippen LogP contribution in [0, 0.1) is 10.1 Å². The summed E-state index contributed by atoms with van der Waals surface area (Å²) in [4.78, 5) is 21.1. The molecule has 2 N–H and O–H groups in total. The van der Waals surface area contributed by atoms with Crippen LogP contribution in [-0.2, 0) is 14.8 Å². The first-order valence-electron chi connectivity index (χ1n) is 6.64. The molecule has 0 aliphatic carbocycles. The Labute approximate surface area is 152 Å². The van der Waals surface area contributed by atoms with E-state index in [0.717, 1.165) is 12.1 Å². The Morgan fingerprint density at radius 3 is 2.40 bits per heavy atom. The van der Waals surface area contributed by atoms with Crippen LogP contribution in [0.5, 0.6) is 0 Å². The zero-order valence-electron chi connectivity index (χ0n) is 12.4. The van der Waals surface area contributed by atoms with Crippen LogP contribution in [0.3, 0.4) is 0 Å². The summed E-state index contributed by atoms with van der Waals surface area (Å²) in [5.41, 5.74) is 4.37. The summed E-state index contributed by atoms with van der Waals surface area (Å²) in [6.45, 7) is -0.769. The molecule has 0 aliphatic heterocycles. The molecule has 2 aromatic carbocycles. The first-order valence-corrected chi connectivity index (χ1v) is 8.84. The Bertz CT molecular complexity index is 949. The number of sulfonamides is 1. The number of rotatable bonds is 6. The first kappa shape index (κ1) is 19.0. The van der Waals surface area contributed by atoms with Crippen LogP contribution in [0.1, 0.15) is 0 Å². The largest absolute Gasteiger partial charge is 0.368 e. The normalized spacial score (nSPS) is 11.1. The Morgan fingerprint density at radius 2 is 1.80 bits per heavy atom. The number of nitro benzene ring substituents is 1. The van der Waals surface area contributed by atoms with E-state index in [2.05, 4.69) is 0 Å². The number of para-hydroxylation sites is 1. The fourth-order valence-corrected chi connectivity index (χ4v) is 4.12. The van der Waals surface area contributed by atoms with E-state index in [4.69, 9.17) is 28.9 Å². The topological polar surface area (TPSA) is 124 Å². The number of hydrogen-bond acceptors (Lipinski definition) is 5. The molecule has 2 rings (SSSR count). The highest BCUT2D eigenvalue weighted by atomic mass is 35.5. The number of nitrogens with two attached hydrogens (primary N) is 1. The average molecular weight is 404 g/mol. The maximum absolute atomic E-state index is 13.0. The minimum Gasteiger partial charge on any atom is -0.368 e. The molecule has 0 heterocycles. The molecule has 0 bridgehead atoms. The molecular weight excluding hydrogens is 393 g/mol. The number of carbonyl (C=O) groups is 1. The standard InChI is InChI=1S/C14H11Cl2N3O5S/c15-9-4-3-6-11(14(9)16)18(8-13(17)20)25(23,24)12-7-2-1-5-10(12)19(21)22/h1-7H,8H2,(H2,17,20). The number of halogens is 2. The molecule has 0 aromatic heterocycles. The lowest BCUT2D eigenvalue weighted by molar-refractivity contribution is -0.387. The number of carbonyl (C=O) groups excluding carboxylic acids is 1. The van der Waals surface area contributed by atoms with Gasteiger partial charge in [0.25, 0.3) is 15.7 Å². The van der Waals surface area contributed by atoms with Gasteiger partial charge in [-0.05, 0) is 18.2 Å². The monoisotopic (exact) mass is 403 g/mol. The molecule has 1 amide bonds. The molecule has 0 radical (unpaired) electrons. The molecule has 0 aliphatic rings. The van der Waals surface area contributed by atoms with E-state index >= 15 is 0 Å². The molecule has 2 aromatic rings. The Kier molecular flexibility index (Phi) is 5.51. The van der Waals surface area contributed by atoms with Crippen molar-refractivity contribution in [3.8, 4) is 0 Å². The van der Waals surface area contributed by atoms with Gasteiger partial charge in [-0.1, -0.05) is 41.4 Å². The Morgan fingerprint density at radius 1 is 1.16 bits per heavy atom. The van der Waals surface area contributed by atoms with Gasteiger partial charge in [0.2, 0.25) is 5.91 Å². The summed E-state index contributed by atoms with van der Waals surface area (Å²) >= 11 is 11.9. The van der Waals surface area contributed by atoms with Gasteiger partial charge in [-0.3, -0.25) is 19.2 Å². The molecule has 0 unspecified atom stereocenters. The molecule has 0 atom stereocenters. The molecule has 132 valence electrons. The van der Waals surface area contributed by atoms with E-state index in [-0.39, 0.29) is 15.7 Å². The highest BCUT2D eigenvalue weighted by Crippen LogP contribution is 2.36. The van der Waals surface area contributed by atoms with Crippen molar-refractivity contribution in [2.75, 3.05) is 10.8 Å². The lowest BCUT2D eigenvalue weighted by Crippen LogP contribution is -2.39. The summed E-state index contributed by atoms with van der Waals surface area (Å²) in [6, 6.07) is 8.89. The number of amides is 1. The first-order chi connectivity index (χ1) is 11.7. The van der Waals surface area contributed by atoms with Gasteiger partial charge in [-0.25, -0.2) is 8.42 Å². The van der Waals surface area contributed by atoms with Crippen molar-refractivity contribution in [1.82, 2.24) is 0 Å². The third-order valence-corrected chi connectivity index (χ3v) is 5.75. The number of hydrogen-bond donors (Lipinski definition) is 1. The SMILES string of the molecule is NC(=O)CN(c1cccc(Cl)c1Cl)S(=O)(=O)c1ccccc1[N+](=O)[O-]. The number of benzene rings is 2. The molecule has 11 heteroatoms. The van der Waals surface area contributed by atoms with Crippen LogP contribution in [0.2, 0.25) is 10.0 Å². The van der Waals surface area contributed by atoms with Crippen molar-refractivity contribution in [2.24, 2.45) is 5.73 Å². The van der Waals surface area contributed by atoms with Crippen molar-refractivity contribution in [1.29, 1.82) is 0 Å². The second-order valence-electron chi connectivity index (χ2n) is 4.78. The van der Waals surface area contributed by atoms with Gasteiger partial charge in [0, 0.05) is 6.07 Å². The predicted molar refractivity (Wildman–Crippen MR) is 93.3 cm³/mol. The summed E-state index contributed by atoms with van der Waals surface area (Å²) in [5.74, 6) is -0.974. The second-order valence-corrected chi connectivity index (χ2v) is 7.39. The zero-order valence-corrected chi connectivity index (χ0v) is 14.8. The Balaban J connectivity index is 2.72. The van der Waals surface area contributed by atoms with Gasteiger partial charge in [0.15, 0.2) is 4.90 Å². The van der Waals surface area contributed by atoms with Gasteiger partial charge >= 0.3 is 0 Å². The Hall–Kier alpha value is -2.36. The molecule has 0 fully saturated rings. The predicted octanol–water partition coefficient (Wildman–Crippen LogP) is 2.58. The smallest absolute Gasteiger partial charge is 0.289 e. The highest BCUT2D eigenvalue weighted by molar-refractivity contribution is 7.93. The zero-order chi connectivity index (χ0) is 18.8. The van der Waals surface area contributed by atoms with Gasteiger partial charge in [-0.15, -0.1) is 0 Å². The highest BCUT2D eigenvalue weighted by Gasteiger charge is 2.33. The number of nitrogens with zero attached hydrogens (tertiary/aromatic N) is 2. The van der Waals surface area contributed by atoms with E-state index in [1.807, 2.05) is 0 Å². The molecule has 0 saturated heterocycles. The fourth-order valence-electron chi connectivity index (χ4n) is 2.07. The summed E-state index contributed by atoms with van der Waals surface area (Å²) in [5, 5.41) is 11.1. The summed E-state index contributed by atoms with van der Waals surface area (Å²) in [7, 11) is -4.52. The van der Waals surface area contributed by atoms with Gasteiger partial charge < -0.3 is 5.73 Å². The number of anilines is 1. The summed E-state index contributed by atoms with van der Waals surface area (Å²) in [6.07, 6.45) is 0. The quantitative estimate of drug-likeness (QED) is 0.586. The fraction of sp³-hybridized carbons (Fsp3) is 0.0714. The third-order valence-electron chi connectivity index (χ3n) is 3.13. The van der Waals surface area contributed by atoms with Crippen molar-refractivity contribution in [2.45, 2.75) is 4.90 Å². The van der Waals surface area contributed by atoms with Crippen LogP contribution >= 0.6 is 23.2 Å². The minimum atomic E-state index is -4.52. The van der Waals surface area contributed by atoms with E-state index in [1.165, 1.54) is 30.3 Å². The van der Waals surface area contributed by atoms with Crippen LogP contribution in [0.4, 0.5) is 11.4 Å². The van der Waals surface area contributed by atoms with Crippen LogP contribution in [0.15, 0.2) is 47.4 Å². The van der Waals surface area contributed by atoms with Gasteiger partial charge in [0.1, 0.15) is 6.54 Å². The number of primary amides is 1. The van der Waals surface area contributed by atoms with Crippen molar-refractivity contribution in [3.05, 3.63) is 62.6 Å². The van der Waals surface area contributed by atoms with Crippen LogP contribution in [-0.4, -0.2) is 25.8 Å². The van der Waals surface area contributed by atoms with E-state index in [9.17, 15) is 23.3 Å². The maximum atomic E-state index is 13.0. The van der Waals surface area contributed by atoms with E-state index in [1.54, 1.807) is 0 Å². The maximum Gasteiger partial charge on any atom is 0.289 e. The molecule has 8 nitrogen and oxygen atoms in total. The number of nitro groups is 1. The second kappa shape index (κ2) is 7.26. The molecular formula is C14H11Cl2N3O5S. The molecule has 0 spiro atoms. The van der Waals surface area contributed by atoms with E-state index in [0.29, 0.717) is 4.31 Å². The third kappa shape index (κ3) is 3.84. The lowest BCUT2D eigenvalue weighted by atomic mass is 10.3. The van der Waals surface area contributed by atoms with Gasteiger partial charge in [0.05, 0.1) is 20.7 Å². The average Bonchev–Trinajstić information content (AvgIpc) is 2.55. The minimum absolute atomic E-state index is 0.0476. The molecule has 0 saturated carbocycles. The van der Waals surface area contributed by atoms with E-state index < -0.39 is 38.0 Å². The lowest BCUT2D eigenvalue weighted by Gasteiger charge is -2.24. The van der Waals surface area contributed by atoms with Crippen molar-refractivity contribution < 1.29 is 18.1 Å². The van der Waals surface area contributed by atoms with Crippen molar-refractivity contribution in [3.63, 3.8) is 0 Å².